The Labute approximate surface area is 202 Å². The fourth-order valence-corrected chi connectivity index (χ4v) is 5.19. The number of hydrogen-bond donors (Lipinski definition) is 0. The molecule has 3 atom stereocenters. The first-order chi connectivity index (χ1) is 16.5. The number of anilines is 2. The molecule has 6 heteroatoms. The molecule has 2 fully saturated rings. The first-order valence-electron chi connectivity index (χ1n) is 11.2. The van der Waals surface area contributed by atoms with E-state index in [4.69, 9.17) is 16.4 Å². The maximum atomic E-state index is 13.8. The maximum Gasteiger partial charge on any atom is 0.266 e. The van der Waals surface area contributed by atoms with Gasteiger partial charge in [0.25, 0.3) is 5.91 Å². The summed E-state index contributed by atoms with van der Waals surface area (Å²) in [6.45, 7) is 1.88. The van der Waals surface area contributed by atoms with Gasteiger partial charge in [-0.2, -0.15) is 0 Å². The van der Waals surface area contributed by atoms with E-state index in [0.717, 1.165) is 27.6 Å². The molecule has 5 nitrogen and oxygen atoms in total. The Morgan fingerprint density at radius 2 is 1.53 bits per heavy atom. The Morgan fingerprint density at radius 3 is 2.32 bits per heavy atom. The first kappa shape index (κ1) is 20.9. The van der Waals surface area contributed by atoms with E-state index in [-0.39, 0.29) is 11.8 Å². The van der Waals surface area contributed by atoms with Crippen LogP contribution in [-0.4, -0.2) is 17.9 Å². The topological polar surface area (TPSA) is 49.9 Å². The predicted octanol–water partition coefficient (Wildman–Crippen LogP) is 5.85. The van der Waals surface area contributed by atoms with E-state index >= 15 is 0 Å². The molecule has 168 valence electrons. The highest BCUT2D eigenvalue weighted by atomic mass is 35.5. The molecule has 0 radical (unpaired) electrons. The highest BCUT2D eigenvalue weighted by Gasteiger charge is 2.60. The van der Waals surface area contributed by atoms with Crippen LogP contribution in [0.5, 0.6) is 0 Å². The fourth-order valence-electron chi connectivity index (χ4n) is 5.01. The summed E-state index contributed by atoms with van der Waals surface area (Å²) in [6, 6.07) is 28.4. The van der Waals surface area contributed by atoms with Crippen LogP contribution >= 0.6 is 11.6 Å². The quantitative estimate of drug-likeness (QED) is 0.354. The molecule has 0 spiro atoms. The van der Waals surface area contributed by atoms with E-state index in [0.29, 0.717) is 10.7 Å². The van der Waals surface area contributed by atoms with Crippen LogP contribution in [-0.2, 0) is 14.4 Å². The molecular weight excluding hydrogens is 448 g/mol. The number of carbonyl (C=O) groups is 2. The lowest BCUT2D eigenvalue weighted by Gasteiger charge is -2.29. The Kier molecular flexibility index (Phi) is 4.90. The molecular formula is C28H21ClN2O3. The molecule has 2 saturated heterocycles. The molecule has 0 saturated carbocycles. The minimum absolute atomic E-state index is 0.286. The Balaban J connectivity index is 1.50. The third-order valence-corrected chi connectivity index (χ3v) is 7.09. The van der Waals surface area contributed by atoms with Crippen LogP contribution in [0.2, 0.25) is 5.02 Å². The predicted molar refractivity (Wildman–Crippen MR) is 133 cm³/mol. The van der Waals surface area contributed by atoms with Gasteiger partial charge in [0, 0.05) is 5.02 Å². The average Bonchev–Trinajstić information content (AvgIpc) is 3.37. The minimum atomic E-state index is -0.920. The van der Waals surface area contributed by atoms with Crippen LogP contribution in [0.15, 0.2) is 91.0 Å². The van der Waals surface area contributed by atoms with Crippen molar-refractivity contribution in [1.82, 2.24) is 0 Å². The normalized spacial score (nSPS) is 22.0. The Bertz CT molecular complexity index is 1430. The third-order valence-electron chi connectivity index (χ3n) is 6.68. The number of benzene rings is 4. The summed E-state index contributed by atoms with van der Waals surface area (Å²) in [7, 11) is 0. The molecule has 4 aromatic rings. The van der Waals surface area contributed by atoms with Crippen LogP contribution in [0.25, 0.3) is 10.8 Å². The summed E-state index contributed by atoms with van der Waals surface area (Å²) < 4.78 is 0. The Morgan fingerprint density at radius 1 is 0.794 bits per heavy atom. The van der Waals surface area contributed by atoms with E-state index in [2.05, 4.69) is 0 Å². The number of rotatable bonds is 3. The maximum absolute atomic E-state index is 13.8. The third kappa shape index (κ3) is 3.12. The van der Waals surface area contributed by atoms with Gasteiger partial charge >= 0.3 is 0 Å². The zero-order chi connectivity index (χ0) is 23.4. The highest BCUT2D eigenvalue weighted by molar-refractivity contribution is 6.32. The number of nitrogens with zero attached hydrogens (tertiary/aromatic N) is 2. The highest BCUT2D eigenvalue weighted by Crippen LogP contribution is 2.49. The van der Waals surface area contributed by atoms with Crippen LogP contribution < -0.4 is 9.96 Å². The van der Waals surface area contributed by atoms with Crippen molar-refractivity contribution in [3.05, 3.63) is 107 Å². The molecule has 2 heterocycles. The van der Waals surface area contributed by atoms with Gasteiger partial charge in [0.2, 0.25) is 5.91 Å². The number of imide groups is 1. The second-order valence-electron chi connectivity index (χ2n) is 8.67. The van der Waals surface area contributed by atoms with E-state index in [1.165, 1.54) is 4.90 Å². The van der Waals surface area contributed by atoms with Crippen molar-refractivity contribution in [2.75, 3.05) is 9.96 Å². The molecule has 34 heavy (non-hydrogen) atoms. The van der Waals surface area contributed by atoms with Gasteiger partial charge in [-0.15, -0.1) is 0 Å². The number of halogens is 1. The summed E-state index contributed by atoms with van der Waals surface area (Å²) in [6.07, 6.45) is -0.920. The molecule has 6 rings (SSSR count). The van der Waals surface area contributed by atoms with Gasteiger partial charge in [-0.1, -0.05) is 78.3 Å². The SMILES string of the molecule is Cc1ccc(N2C(=O)[C@H]3[C@@H](ON(c4ccccc4)[C@H]3c3cccc4ccccc34)C2=O)cc1Cl. The van der Waals surface area contributed by atoms with Gasteiger partial charge in [0.15, 0.2) is 6.10 Å². The second-order valence-corrected chi connectivity index (χ2v) is 9.08. The molecule has 2 amide bonds. The standard InChI is InChI=1S/C28H21ClN2O3/c1-17-14-15-20(16-23(17)29)30-27(32)24-25(22-13-7-9-18-8-5-6-12-21(18)22)31(34-26(24)28(30)33)19-10-3-2-4-11-19/h2-16,24-26H,1H3/t24-,25+,26-/m1/s1. The second kappa shape index (κ2) is 7.97. The van der Waals surface area contributed by atoms with Crippen molar-refractivity contribution in [2.24, 2.45) is 5.92 Å². The monoisotopic (exact) mass is 468 g/mol. The van der Waals surface area contributed by atoms with E-state index in [9.17, 15) is 9.59 Å². The number of fused-ring (bicyclic) bond motifs is 2. The largest absolute Gasteiger partial charge is 0.273 e. The van der Waals surface area contributed by atoms with Crippen molar-refractivity contribution in [3.63, 3.8) is 0 Å². The van der Waals surface area contributed by atoms with Crippen LogP contribution in [0, 0.1) is 12.8 Å². The average molecular weight is 469 g/mol. The van der Waals surface area contributed by atoms with Crippen molar-refractivity contribution < 1.29 is 14.4 Å². The zero-order valence-electron chi connectivity index (χ0n) is 18.4. The number of hydrogen-bond acceptors (Lipinski definition) is 4. The molecule has 0 aromatic heterocycles. The van der Waals surface area contributed by atoms with Crippen LogP contribution in [0.3, 0.4) is 0 Å². The Hall–Kier alpha value is -3.67. The van der Waals surface area contributed by atoms with Gasteiger partial charge in [-0.05, 0) is 53.1 Å². The number of amides is 2. The zero-order valence-corrected chi connectivity index (χ0v) is 19.1. The molecule has 4 aromatic carbocycles. The molecule has 2 aliphatic heterocycles. The lowest BCUT2D eigenvalue weighted by atomic mass is 9.87. The van der Waals surface area contributed by atoms with Gasteiger partial charge in [-0.3, -0.25) is 14.4 Å². The summed E-state index contributed by atoms with van der Waals surface area (Å²) in [5, 5.41) is 4.33. The number of aryl methyl sites for hydroxylation is 1. The minimum Gasteiger partial charge on any atom is -0.273 e. The van der Waals surface area contributed by atoms with Gasteiger partial charge in [0.1, 0.15) is 5.92 Å². The lowest BCUT2D eigenvalue weighted by molar-refractivity contribution is -0.126. The number of hydroxylamine groups is 1. The van der Waals surface area contributed by atoms with Gasteiger partial charge in [0.05, 0.1) is 17.4 Å². The lowest BCUT2D eigenvalue weighted by Crippen LogP contribution is -2.37. The van der Waals surface area contributed by atoms with Gasteiger partial charge < -0.3 is 0 Å². The number of carbonyl (C=O) groups excluding carboxylic acids is 2. The molecule has 0 aliphatic carbocycles. The summed E-state index contributed by atoms with van der Waals surface area (Å²) >= 11 is 6.31. The summed E-state index contributed by atoms with van der Waals surface area (Å²) in [5.74, 6) is -1.36. The van der Waals surface area contributed by atoms with Crippen molar-refractivity contribution in [1.29, 1.82) is 0 Å². The number of para-hydroxylation sites is 1. The molecule has 0 unspecified atom stereocenters. The van der Waals surface area contributed by atoms with Crippen LogP contribution in [0.1, 0.15) is 17.2 Å². The molecule has 0 N–H and O–H groups in total. The summed E-state index contributed by atoms with van der Waals surface area (Å²) in [4.78, 5) is 34.9. The smallest absolute Gasteiger partial charge is 0.266 e. The molecule has 0 bridgehead atoms. The fraction of sp³-hybridized carbons (Fsp3) is 0.143. The first-order valence-corrected chi connectivity index (χ1v) is 11.5. The molecule has 2 aliphatic rings. The summed E-state index contributed by atoms with van der Waals surface area (Å²) in [5.41, 5.74) is 3.08. The van der Waals surface area contributed by atoms with E-state index in [1.54, 1.807) is 17.2 Å². The van der Waals surface area contributed by atoms with E-state index in [1.807, 2.05) is 85.8 Å². The van der Waals surface area contributed by atoms with Crippen molar-refractivity contribution in [3.8, 4) is 0 Å². The van der Waals surface area contributed by atoms with Crippen LogP contribution in [0.4, 0.5) is 11.4 Å². The van der Waals surface area contributed by atoms with Gasteiger partial charge in [-0.25, -0.2) is 9.96 Å². The van der Waals surface area contributed by atoms with Crippen molar-refractivity contribution in [2.45, 2.75) is 19.1 Å². The van der Waals surface area contributed by atoms with Crippen molar-refractivity contribution >= 4 is 45.6 Å². The van der Waals surface area contributed by atoms with E-state index < -0.39 is 18.1 Å².